The van der Waals surface area contributed by atoms with E-state index in [1.807, 2.05) is 123 Å². The Morgan fingerprint density at radius 3 is 0.685 bits per heavy atom. The molecule has 0 amide bonds. The van der Waals surface area contributed by atoms with Crippen LogP contribution in [0.25, 0.3) is 67.5 Å². The van der Waals surface area contributed by atoms with Gasteiger partial charge in [-0.25, -0.2) is 27.4 Å². The molecule has 2 unspecified atom stereocenters. The standard InChI is InChI=1S/6C17H22N/c3*1-12(2)16-10-17(18(5)11-14(16)4)15-9-7-6-8-13(15)3;3*1-12(2)16-11-18(5)17(10-14(16)4)15-9-7-6-8-13(15)3/h6*6-12H,1-5H3/q6*+1/i1D3,4D3,12D;4D3,12D;;1D3,12D;;. The van der Waals surface area contributed by atoms with Gasteiger partial charge in [-0.15, -0.1) is 0 Å². The normalized spacial score (nSPS) is 14.7. The van der Waals surface area contributed by atoms with Crippen LogP contribution in [-0.2, 0) is 42.3 Å². The van der Waals surface area contributed by atoms with Gasteiger partial charge in [0.25, 0.3) is 0 Å². The lowest BCUT2D eigenvalue weighted by atomic mass is 9.96. The van der Waals surface area contributed by atoms with Crippen LogP contribution in [-0.4, -0.2) is 0 Å². The lowest BCUT2D eigenvalue weighted by Crippen LogP contribution is -2.32. The largest absolute Gasteiger partial charge is 0.212 e. The molecule has 564 valence electrons. The van der Waals surface area contributed by atoms with E-state index in [1.165, 1.54) is 110 Å². The van der Waals surface area contributed by atoms with Gasteiger partial charge in [0.1, 0.15) is 42.3 Å². The highest BCUT2D eigenvalue weighted by atomic mass is 14.9. The second-order valence-electron chi connectivity index (χ2n) is 30.4. The van der Waals surface area contributed by atoms with Crippen LogP contribution in [0.3, 0.4) is 0 Å². The van der Waals surface area contributed by atoms with Crippen LogP contribution in [0.1, 0.15) is 239 Å². The summed E-state index contributed by atoms with van der Waals surface area (Å²) in [6, 6.07) is 61.6. The van der Waals surface area contributed by atoms with E-state index in [2.05, 4.69) is 241 Å². The fraction of sp³-hybridized carbons (Fsp3) is 0.353. The third-order valence-electron chi connectivity index (χ3n) is 20.3. The van der Waals surface area contributed by atoms with Gasteiger partial charge in [-0.2, -0.15) is 0 Å². The molecule has 0 N–H and O–H groups in total. The first-order valence-electron chi connectivity index (χ1n) is 45.3. The molecule has 0 bridgehead atoms. The lowest BCUT2D eigenvalue weighted by molar-refractivity contribution is -0.661. The molecule has 0 aliphatic rings. The van der Waals surface area contributed by atoms with Gasteiger partial charge >= 0.3 is 0 Å². The molecule has 108 heavy (non-hydrogen) atoms. The molecule has 0 spiro atoms. The highest BCUT2D eigenvalue weighted by Gasteiger charge is 2.23. The van der Waals surface area contributed by atoms with Crippen LogP contribution in [0.2, 0.25) is 0 Å². The summed E-state index contributed by atoms with van der Waals surface area (Å²) in [5, 5.41) is 0. The second kappa shape index (κ2) is 38.8. The molecule has 6 heteroatoms. The second-order valence-corrected chi connectivity index (χ2v) is 30.4. The molecule has 6 aromatic carbocycles. The predicted molar refractivity (Wildman–Crippen MR) is 460 cm³/mol. The first kappa shape index (κ1) is 65.3. The van der Waals surface area contributed by atoms with Crippen LogP contribution in [0, 0.1) is 82.9 Å². The molecular weight excluding hydrogens is 1310 g/mol. The van der Waals surface area contributed by atoms with Gasteiger partial charge in [-0.05, 0) is 222 Å². The van der Waals surface area contributed by atoms with Crippen molar-refractivity contribution < 1.29 is 48.0 Å². The topological polar surface area (TPSA) is 23.3 Å². The summed E-state index contributed by atoms with van der Waals surface area (Å²) in [6.45, 7) is 30.9. The Bertz CT molecular complexity index is 5590. The molecular formula is C102H132N6+6. The number of hydrogen-bond donors (Lipinski definition) is 0. The zero-order valence-corrected chi connectivity index (χ0v) is 69.7. The quantitative estimate of drug-likeness (QED) is 0.109. The van der Waals surface area contributed by atoms with Crippen molar-refractivity contribution in [3.8, 4) is 67.5 Å². The number of rotatable bonds is 12. The summed E-state index contributed by atoms with van der Waals surface area (Å²) in [5.74, 6) is -2.94. The van der Waals surface area contributed by atoms with Crippen LogP contribution >= 0.6 is 0 Å². The minimum atomic E-state index is -2.66. The Balaban J connectivity index is 0.000000204. The Morgan fingerprint density at radius 2 is 0.435 bits per heavy atom. The fourth-order valence-electron chi connectivity index (χ4n) is 14.1. The van der Waals surface area contributed by atoms with E-state index in [0.717, 1.165) is 50.3 Å². The van der Waals surface area contributed by atoms with Gasteiger partial charge in [0.15, 0.2) is 37.2 Å². The molecule has 0 aliphatic heterocycles. The molecule has 0 radical (unpaired) electrons. The van der Waals surface area contributed by atoms with Crippen molar-refractivity contribution in [3.63, 3.8) is 0 Å². The van der Waals surface area contributed by atoms with Crippen LogP contribution in [0.4, 0.5) is 0 Å². The van der Waals surface area contributed by atoms with E-state index in [1.54, 1.807) is 37.9 Å². The molecule has 12 aromatic rings. The minimum Gasteiger partial charge on any atom is -0.201 e. The van der Waals surface area contributed by atoms with Gasteiger partial charge in [-0.1, -0.05) is 192 Å². The number of aromatic nitrogens is 6. The Labute approximate surface area is 675 Å². The summed E-state index contributed by atoms with van der Waals surface area (Å²) in [5.41, 5.74) is 31.1. The van der Waals surface area contributed by atoms with E-state index >= 15 is 0 Å². The minimum absolute atomic E-state index is 0.00357. The van der Waals surface area contributed by atoms with Crippen molar-refractivity contribution in [3.05, 3.63) is 319 Å². The average molecular weight is 1460 g/mol. The van der Waals surface area contributed by atoms with E-state index in [4.69, 9.17) is 20.6 Å². The maximum atomic E-state index is 8.40. The molecule has 0 saturated heterocycles. The Kier molecular flexibility index (Phi) is 23.5. The van der Waals surface area contributed by atoms with Crippen molar-refractivity contribution in [1.82, 2.24) is 0 Å². The predicted octanol–water partition coefficient (Wildman–Crippen LogP) is 23.5. The molecule has 12 rings (SSSR count). The number of benzene rings is 6. The molecule has 6 heterocycles. The molecule has 2 atom stereocenters. The van der Waals surface area contributed by atoms with Crippen LogP contribution in [0.5, 0.6) is 0 Å². The highest BCUT2D eigenvalue weighted by Crippen LogP contribution is 2.32. The van der Waals surface area contributed by atoms with Crippen molar-refractivity contribution in [1.29, 1.82) is 0 Å². The van der Waals surface area contributed by atoms with Crippen molar-refractivity contribution in [2.75, 3.05) is 0 Å². The number of hydrogen-bond acceptors (Lipinski definition) is 0. The lowest BCUT2D eigenvalue weighted by Gasteiger charge is -2.11. The Hall–Kier alpha value is -9.78. The Morgan fingerprint density at radius 1 is 0.222 bits per heavy atom. The molecule has 0 aliphatic carbocycles. The van der Waals surface area contributed by atoms with E-state index in [0.29, 0.717) is 34.6 Å². The smallest absolute Gasteiger partial charge is 0.201 e. The van der Waals surface area contributed by atoms with Crippen LogP contribution < -0.4 is 27.4 Å². The highest BCUT2D eigenvalue weighted by molar-refractivity contribution is 5.66. The number of pyridine rings is 6. The third kappa shape index (κ3) is 21.8. The average Bonchev–Trinajstić information content (AvgIpc) is 0.738. The molecule has 0 saturated carbocycles. The monoisotopic (exact) mass is 1460 g/mol. The van der Waals surface area contributed by atoms with Gasteiger partial charge in [0.05, 0.1) is 0 Å². The van der Waals surface area contributed by atoms with Crippen molar-refractivity contribution in [2.24, 2.45) is 42.3 Å². The van der Waals surface area contributed by atoms with Crippen molar-refractivity contribution >= 4 is 0 Å². The number of aryl methyl sites for hydroxylation is 18. The molecule has 0 fully saturated rings. The van der Waals surface area contributed by atoms with Crippen LogP contribution in [0.15, 0.2) is 219 Å². The summed E-state index contributed by atoms with van der Waals surface area (Å²) < 4.78 is 130. The zero-order chi connectivity index (χ0) is 92.5. The third-order valence-corrected chi connectivity index (χ3v) is 20.3. The summed E-state index contributed by atoms with van der Waals surface area (Å²) in [4.78, 5) is 0. The van der Waals surface area contributed by atoms with E-state index in [-0.39, 0.29) is 16.7 Å². The van der Waals surface area contributed by atoms with Gasteiger partial charge in [0.2, 0.25) is 34.2 Å². The van der Waals surface area contributed by atoms with Crippen molar-refractivity contribution in [2.45, 2.75) is 201 Å². The maximum absolute atomic E-state index is 8.40. The van der Waals surface area contributed by atoms with Gasteiger partial charge in [0, 0.05) is 124 Å². The number of nitrogens with zero attached hydrogens (tertiary/aromatic N) is 6. The fourth-order valence-corrected chi connectivity index (χ4v) is 14.1. The molecule has 6 nitrogen and oxygen atoms in total. The first-order chi connectivity index (χ1) is 56.8. The maximum Gasteiger partial charge on any atom is 0.212 e. The zero-order valence-electron chi connectivity index (χ0n) is 84.7. The summed E-state index contributed by atoms with van der Waals surface area (Å²) in [7, 11) is 11.8. The summed E-state index contributed by atoms with van der Waals surface area (Å²) in [6.07, 6.45) is 11.6. The van der Waals surface area contributed by atoms with Gasteiger partial charge in [-0.3, -0.25) is 0 Å². The molecule has 6 aromatic heterocycles. The summed E-state index contributed by atoms with van der Waals surface area (Å²) >= 11 is 0. The van der Waals surface area contributed by atoms with E-state index in [9.17, 15) is 0 Å². The van der Waals surface area contributed by atoms with Gasteiger partial charge < -0.3 is 0 Å². The first-order valence-corrected chi connectivity index (χ1v) is 37.8. The SMILES string of the molecule is Cc1ccccc1-c1cc(C(C)C)c(C)c[n+]1C.Cc1ccccc1-c1cc(C)c(C(C)C)c[n+]1C.Cc1ccccc1-c1cc(C)c(C(C)C)c[n+]1C.[2H]C([2H])([2H])C([2H])(C)c1c[n+](C)c(-c2ccccc2C)cc1C.[2H]C([2H])([2H])c1c[n+](C)c(-c2ccccc2C)cc1C([2H])(C)C.[2H]C([2H])([2H])c1c[n+](C)c(-c2ccccc2C)cc1C([2H])(C)C([2H])([2H])[2H]. The van der Waals surface area contributed by atoms with E-state index < -0.39 is 45.1 Å².